The number of sulfonamides is 1. The van der Waals surface area contributed by atoms with Crippen LogP contribution in [0.1, 0.15) is 18.4 Å². The van der Waals surface area contributed by atoms with Crippen LogP contribution in [-0.2, 0) is 16.4 Å². The van der Waals surface area contributed by atoms with E-state index in [-0.39, 0.29) is 4.21 Å². The van der Waals surface area contributed by atoms with Crippen LogP contribution in [0.5, 0.6) is 0 Å². The second kappa shape index (κ2) is 6.13. The van der Waals surface area contributed by atoms with Gasteiger partial charge in [0.25, 0.3) is 15.9 Å². The van der Waals surface area contributed by atoms with E-state index in [4.69, 9.17) is 4.42 Å². The molecule has 0 atom stereocenters. The average molecular weight is 349 g/mol. The van der Waals surface area contributed by atoms with Crippen LogP contribution in [0.3, 0.4) is 0 Å². The Labute approximate surface area is 138 Å². The van der Waals surface area contributed by atoms with Crippen molar-refractivity contribution in [1.82, 2.24) is 10.2 Å². The minimum atomic E-state index is -3.63. The number of nitrogens with zero attached hydrogens (tertiary/aromatic N) is 2. The molecule has 0 amide bonds. The van der Waals surface area contributed by atoms with Crippen molar-refractivity contribution in [2.45, 2.75) is 24.5 Å². The van der Waals surface area contributed by atoms with Crippen LogP contribution in [0.25, 0.3) is 10.8 Å². The predicted octanol–water partition coefficient (Wildman–Crippen LogP) is 3.47. The van der Waals surface area contributed by atoms with Crippen molar-refractivity contribution in [2.24, 2.45) is 0 Å². The molecular formula is C15H15N3O3S2. The first-order valence-electron chi connectivity index (χ1n) is 7.00. The highest BCUT2D eigenvalue weighted by molar-refractivity contribution is 7.94. The minimum Gasteiger partial charge on any atom is -0.420 e. The number of aryl methyl sites for hydroxylation is 2. The van der Waals surface area contributed by atoms with E-state index in [0.29, 0.717) is 22.3 Å². The molecule has 1 aromatic carbocycles. The largest absolute Gasteiger partial charge is 0.420 e. The number of thiophene rings is 1. The molecule has 2 heterocycles. The summed E-state index contributed by atoms with van der Waals surface area (Å²) in [4.78, 5) is 0.618. The van der Waals surface area contributed by atoms with Gasteiger partial charge in [-0.15, -0.1) is 21.5 Å². The number of benzene rings is 1. The van der Waals surface area contributed by atoms with E-state index in [0.717, 1.165) is 23.3 Å². The third-order valence-electron chi connectivity index (χ3n) is 3.20. The van der Waals surface area contributed by atoms with Gasteiger partial charge in [-0.1, -0.05) is 19.1 Å². The lowest BCUT2D eigenvalue weighted by atomic mass is 10.2. The average Bonchev–Trinajstić information content (AvgIpc) is 3.16. The molecule has 2 aromatic heterocycles. The van der Waals surface area contributed by atoms with Gasteiger partial charge in [0.15, 0.2) is 0 Å². The summed E-state index contributed by atoms with van der Waals surface area (Å²) < 4.78 is 33.0. The van der Waals surface area contributed by atoms with E-state index in [1.54, 1.807) is 25.1 Å². The van der Waals surface area contributed by atoms with Crippen molar-refractivity contribution < 1.29 is 12.8 Å². The molecule has 0 spiro atoms. The Balaban J connectivity index is 1.83. The van der Waals surface area contributed by atoms with Crippen molar-refractivity contribution >= 4 is 27.0 Å². The first-order valence-corrected chi connectivity index (χ1v) is 9.30. The van der Waals surface area contributed by atoms with Crippen LogP contribution in [0, 0.1) is 6.92 Å². The van der Waals surface area contributed by atoms with Gasteiger partial charge in [0.2, 0.25) is 5.89 Å². The molecule has 8 heteroatoms. The molecule has 0 aliphatic heterocycles. The van der Waals surface area contributed by atoms with Crippen LogP contribution in [0.2, 0.25) is 0 Å². The molecule has 0 saturated heterocycles. The fourth-order valence-electron chi connectivity index (χ4n) is 1.99. The van der Waals surface area contributed by atoms with E-state index in [9.17, 15) is 8.42 Å². The lowest BCUT2D eigenvalue weighted by Crippen LogP contribution is -2.11. The van der Waals surface area contributed by atoms with E-state index in [2.05, 4.69) is 14.9 Å². The number of aromatic nitrogens is 2. The zero-order chi connectivity index (χ0) is 16.4. The maximum atomic E-state index is 12.4. The molecule has 3 rings (SSSR count). The minimum absolute atomic E-state index is 0.197. The number of nitrogens with one attached hydrogen (secondary N) is 1. The summed E-state index contributed by atoms with van der Waals surface area (Å²) in [6.07, 6.45) is 0.908. The normalized spacial score (nSPS) is 11.6. The van der Waals surface area contributed by atoms with E-state index in [1.165, 1.54) is 6.07 Å². The lowest BCUT2D eigenvalue weighted by Gasteiger charge is -2.06. The summed E-state index contributed by atoms with van der Waals surface area (Å²) in [7, 11) is -3.63. The molecule has 0 unspecified atom stereocenters. The Morgan fingerprint density at radius 1 is 1.13 bits per heavy atom. The van der Waals surface area contributed by atoms with Crippen molar-refractivity contribution in [3.8, 4) is 10.8 Å². The van der Waals surface area contributed by atoms with Crippen molar-refractivity contribution in [2.75, 3.05) is 4.72 Å². The summed E-state index contributed by atoms with van der Waals surface area (Å²) in [6, 6.07) is 10.5. The van der Waals surface area contributed by atoms with Gasteiger partial charge in [0.05, 0.1) is 4.88 Å². The Kier molecular flexibility index (Phi) is 4.18. The van der Waals surface area contributed by atoms with Crippen LogP contribution >= 0.6 is 11.3 Å². The van der Waals surface area contributed by atoms with Gasteiger partial charge >= 0.3 is 0 Å². The van der Waals surface area contributed by atoms with Gasteiger partial charge in [-0.3, -0.25) is 4.72 Å². The van der Waals surface area contributed by atoms with E-state index < -0.39 is 10.0 Å². The van der Waals surface area contributed by atoms with Crippen molar-refractivity contribution in [1.29, 1.82) is 0 Å². The fraction of sp³-hybridized carbons (Fsp3) is 0.200. The highest BCUT2D eigenvalue weighted by atomic mass is 32.2. The topological polar surface area (TPSA) is 85.1 Å². The molecule has 3 aromatic rings. The standard InChI is InChI=1S/C15H15N3O3S2/c1-3-11-4-6-12(7-5-11)18-23(19,20)14-9-8-13(22-14)15-17-16-10(2)21-15/h4-9,18H,3H2,1-2H3. The highest BCUT2D eigenvalue weighted by Gasteiger charge is 2.19. The lowest BCUT2D eigenvalue weighted by molar-refractivity contribution is 0.534. The molecule has 6 nitrogen and oxygen atoms in total. The third kappa shape index (κ3) is 3.43. The van der Waals surface area contributed by atoms with E-state index in [1.807, 2.05) is 19.1 Å². The Morgan fingerprint density at radius 2 is 1.87 bits per heavy atom. The van der Waals surface area contributed by atoms with Crippen LogP contribution in [0.4, 0.5) is 5.69 Å². The molecule has 120 valence electrons. The summed E-state index contributed by atoms with van der Waals surface area (Å²) in [5.74, 6) is 0.758. The monoisotopic (exact) mass is 349 g/mol. The predicted molar refractivity (Wildman–Crippen MR) is 89.0 cm³/mol. The quantitative estimate of drug-likeness (QED) is 0.762. The van der Waals surface area contributed by atoms with Gasteiger partial charge in [-0.25, -0.2) is 8.42 Å². The number of hydrogen-bond acceptors (Lipinski definition) is 6. The SMILES string of the molecule is CCc1ccc(NS(=O)(=O)c2ccc(-c3nnc(C)o3)s2)cc1. The summed E-state index contributed by atoms with van der Waals surface area (Å²) in [5, 5.41) is 7.64. The van der Waals surface area contributed by atoms with E-state index >= 15 is 0 Å². The number of rotatable bonds is 5. The molecule has 0 bridgehead atoms. The van der Waals surface area contributed by atoms with Gasteiger partial charge < -0.3 is 4.42 Å². The smallest absolute Gasteiger partial charge is 0.271 e. The zero-order valence-corrected chi connectivity index (χ0v) is 14.2. The molecule has 0 aliphatic carbocycles. The van der Waals surface area contributed by atoms with Gasteiger partial charge in [-0.05, 0) is 36.2 Å². The zero-order valence-electron chi connectivity index (χ0n) is 12.6. The molecule has 23 heavy (non-hydrogen) atoms. The highest BCUT2D eigenvalue weighted by Crippen LogP contribution is 2.30. The first kappa shape index (κ1) is 15.7. The van der Waals surface area contributed by atoms with Crippen molar-refractivity contribution in [3.63, 3.8) is 0 Å². The molecule has 0 radical (unpaired) electrons. The van der Waals surface area contributed by atoms with Crippen molar-refractivity contribution in [3.05, 3.63) is 47.9 Å². The maximum Gasteiger partial charge on any atom is 0.271 e. The fourth-order valence-corrected chi connectivity index (χ4v) is 4.28. The second-order valence-electron chi connectivity index (χ2n) is 4.90. The third-order valence-corrected chi connectivity index (χ3v) is 6.14. The van der Waals surface area contributed by atoms with Gasteiger partial charge in [0.1, 0.15) is 4.21 Å². The molecule has 0 saturated carbocycles. The van der Waals surface area contributed by atoms with Crippen LogP contribution in [0.15, 0.2) is 45.0 Å². The molecule has 0 aliphatic rings. The second-order valence-corrected chi connectivity index (χ2v) is 7.89. The maximum absolute atomic E-state index is 12.4. The molecule has 0 fully saturated rings. The first-order chi connectivity index (χ1) is 11.0. The Hall–Kier alpha value is -2.19. The molecular weight excluding hydrogens is 334 g/mol. The Morgan fingerprint density at radius 3 is 2.48 bits per heavy atom. The number of anilines is 1. The van der Waals surface area contributed by atoms with Gasteiger partial charge in [0, 0.05) is 12.6 Å². The number of hydrogen-bond donors (Lipinski definition) is 1. The summed E-state index contributed by atoms with van der Waals surface area (Å²) in [5.41, 5.74) is 1.68. The Bertz CT molecular complexity index is 912. The molecule has 1 N–H and O–H groups in total. The van der Waals surface area contributed by atoms with Crippen LogP contribution in [-0.4, -0.2) is 18.6 Å². The summed E-state index contributed by atoms with van der Waals surface area (Å²) in [6.45, 7) is 3.73. The van der Waals surface area contributed by atoms with Crippen LogP contribution < -0.4 is 4.72 Å². The summed E-state index contributed by atoms with van der Waals surface area (Å²) >= 11 is 1.09. The van der Waals surface area contributed by atoms with Gasteiger partial charge in [-0.2, -0.15) is 0 Å².